The molecular weight excluding hydrogens is 330 g/mol. The van der Waals surface area contributed by atoms with Gasteiger partial charge in [-0.15, -0.1) is 0 Å². The van der Waals surface area contributed by atoms with Crippen LogP contribution in [0.4, 0.5) is 4.79 Å². The smallest absolute Gasteiger partial charge is 0.410 e. The van der Waals surface area contributed by atoms with Crippen LogP contribution in [-0.2, 0) is 4.74 Å². The Morgan fingerprint density at radius 3 is 2.46 bits per heavy atom. The normalized spacial score (nSPS) is 25.3. The average molecular weight is 355 g/mol. The SMILES string of the molecule is CC(C)(C)OC(=O)N1C2CCCC1CC(C(=O)c1cncc(C#N)c1)C2. The van der Waals surface area contributed by atoms with Crippen LogP contribution in [0.1, 0.15) is 68.8 Å². The Kier molecular flexibility index (Phi) is 4.99. The van der Waals surface area contributed by atoms with Gasteiger partial charge in [0.1, 0.15) is 11.7 Å². The Hall–Kier alpha value is -2.42. The molecule has 2 saturated heterocycles. The number of nitriles is 1. The van der Waals surface area contributed by atoms with E-state index in [2.05, 4.69) is 4.98 Å². The first-order valence-corrected chi connectivity index (χ1v) is 9.19. The first-order chi connectivity index (χ1) is 12.3. The van der Waals surface area contributed by atoms with Gasteiger partial charge >= 0.3 is 6.09 Å². The molecule has 138 valence electrons. The van der Waals surface area contributed by atoms with Crippen molar-refractivity contribution in [2.45, 2.75) is 70.6 Å². The second-order valence-corrected chi connectivity index (χ2v) is 8.23. The van der Waals surface area contributed by atoms with Gasteiger partial charge in [0.2, 0.25) is 0 Å². The van der Waals surface area contributed by atoms with Gasteiger partial charge in [-0.05, 0) is 58.9 Å². The van der Waals surface area contributed by atoms with Crippen LogP contribution in [-0.4, -0.2) is 39.4 Å². The molecule has 2 unspecified atom stereocenters. The highest BCUT2D eigenvalue weighted by Gasteiger charge is 2.44. The summed E-state index contributed by atoms with van der Waals surface area (Å²) in [5, 5.41) is 9.01. The van der Waals surface area contributed by atoms with Crippen LogP contribution in [0.3, 0.4) is 0 Å². The molecule has 0 N–H and O–H groups in total. The van der Waals surface area contributed by atoms with Gasteiger partial charge in [0, 0.05) is 36.0 Å². The molecule has 1 aromatic heterocycles. The number of fused-ring (bicyclic) bond motifs is 2. The van der Waals surface area contributed by atoms with Crippen molar-refractivity contribution in [3.05, 3.63) is 29.6 Å². The number of rotatable bonds is 2. The van der Waals surface area contributed by atoms with Gasteiger partial charge in [0.25, 0.3) is 0 Å². The molecule has 26 heavy (non-hydrogen) atoms. The monoisotopic (exact) mass is 355 g/mol. The van der Waals surface area contributed by atoms with Gasteiger partial charge in [0.15, 0.2) is 5.78 Å². The molecule has 2 fully saturated rings. The number of carbonyl (C=O) groups excluding carboxylic acids is 2. The van der Waals surface area contributed by atoms with Crippen molar-refractivity contribution in [1.29, 1.82) is 5.26 Å². The Labute approximate surface area is 154 Å². The van der Waals surface area contributed by atoms with Gasteiger partial charge in [-0.1, -0.05) is 0 Å². The van der Waals surface area contributed by atoms with Gasteiger partial charge in [-0.3, -0.25) is 9.78 Å². The number of hydrogen-bond donors (Lipinski definition) is 0. The highest BCUT2D eigenvalue weighted by Crippen LogP contribution is 2.39. The van der Waals surface area contributed by atoms with E-state index in [1.54, 1.807) is 6.07 Å². The van der Waals surface area contributed by atoms with E-state index in [4.69, 9.17) is 10.00 Å². The fourth-order valence-corrected chi connectivity index (χ4v) is 4.08. The molecule has 3 rings (SSSR count). The largest absolute Gasteiger partial charge is 0.444 e. The quantitative estimate of drug-likeness (QED) is 0.755. The molecule has 1 aromatic rings. The van der Waals surface area contributed by atoms with Gasteiger partial charge < -0.3 is 9.64 Å². The lowest BCUT2D eigenvalue weighted by Gasteiger charge is -2.48. The number of carbonyl (C=O) groups is 2. The summed E-state index contributed by atoms with van der Waals surface area (Å²) in [4.78, 5) is 31.4. The number of pyridine rings is 1. The van der Waals surface area contributed by atoms with Crippen molar-refractivity contribution in [2.24, 2.45) is 5.92 Å². The van der Waals surface area contributed by atoms with E-state index in [-0.39, 0.29) is 29.9 Å². The van der Waals surface area contributed by atoms with Crippen LogP contribution in [0, 0.1) is 17.2 Å². The lowest BCUT2D eigenvalue weighted by molar-refractivity contribution is -0.0260. The molecule has 2 aliphatic heterocycles. The van der Waals surface area contributed by atoms with Crippen LogP contribution >= 0.6 is 0 Å². The summed E-state index contributed by atoms with van der Waals surface area (Å²) in [6.45, 7) is 5.60. The van der Waals surface area contributed by atoms with Crippen LogP contribution in [0.15, 0.2) is 18.5 Å². The predicted octanol–water partition coefficient (Wildman–Crippen LogP) is 3.70. The molecule has 0 aliphatic carbocycles. The van der Waals surface area contributed by atoms with Crippen LogP contribution in [0.2, 0.25) is 0 Å². The van der Waals surface area contributed by atoms with Gasteiger partial charge in [-0.2, -0.15) is 5.26 Å². The van der Waals surface area contributed by atoms with Crippen molar-refractivity contribution in [3.63, 3.8) is 0 Å². The molecule has 2 aliphatic rings. The van der Waals surface area contributed by atoms with E-state index < -0.39 is 5.60 Å². The molecule has 0 radical (unpaired) electrons. The number of aromatic nitrogens is 1. The summed E-state index contributed by atoms with van der Waals surface area (Å²) in [6, 6.07) is 3.71. The number of ether oxygens (including phenoxy) is 1. The Balaban J connectivity index is 1.76. The molecule has 2 atom stereocenters. The van der Waals surface area contributed by atoms with E-state index in [9.17, 15) is 9.59 Å². The minimum atomic E-state index is -0.526. The second-order valence-electron chi connectivity index (χ2n) is 8.23. The second kappa shape index (κ2) is 7.06. The molecule has 0 saturated carbocycles. The first-order valence-electron chi connectivity index (χ1n) is 9.19. The summed E-state index contributed by atoms with van der Waals surface area (Å²) in [6.07, 6.45) is 6.87. The van der Waals surface area contributed by atoms with Crippen LogP contribution < -0.4 is 0 Å². The topological polar surface area (TPSA) is 83.3 Å². The van der Waals surface area contributed by atoms with E-state index in [0.29, 0.717) is 24.0 Å². The Morgan fingerprint density at radius 1 is 1.23 bits per heavy atom. The minimum absolute atomic E-state index is 0.0235. The third kappa shape index (κ3) is 3.87. The maximum Gasteiger partial charge on any atom is 0.410 e. The zero-order valence-corrected chi connectivity index (χ0v) is 15.6. The number of ketones is 1. The van der Waals surface area contributed by atoms with Crippen molar-refractivity contribution in [1.82, 2.24) is 9.88 Å². The summed E-state index contributed by atoms with van der Waals surface area (Å²) in [5.41, 5.74) is 0.349. The van der Waals surface area contributed by atoms with E-state index in [1.165, 1.54) is 12.4 Å². The fraction of sp³-hybridized carbons (Fsp3) is 0.600. The maximum absolute atomic E-state index is 12.9. The highest BCUT2D eigenvalue weighted by atomic mass is 16.6. The summed E-state index contributed by atoms with van der Waals surface area (Å²) >= 11 is 0. The standard InChI is InChI=1S/C20H25N3O3/c1-20(2,3)26-19(25)23-16-5-4-6-17(23)9-14(8-16)18(24)15-7-13(10-21)11-22-12-15/h7,11-12,14,16-17H,4-6,8-9H2,1-3H3. The Morgan fingerprint density at radius 2 is 1.88 bits per heavy atom. The van der Waals surface area contributed by atoms with Crippen LogP contribution in [0.5, 0.6) is 0 Å². The lowest BCUT2D eigenvalue weighted by atomic mass is 9.76. The molecule has 0 aromatic carbocycles. The fourth-order valence-electron chi connectivity index (χ4n) is 4.08. The zero-order chi connectivity index (χ0) is 18.9. The highest BCUT2D eigenvalue weighted by molar-refractivity contribution is 5.98. The number of hydrogen-bond acceptors (Lipinski definition) is 5. The van der Waals surface area contributed by atoms with Crippen LogP contribution in [0.25, 0.3) is 0 Å². The molecule has 6 nitrogen and oxygen atoms in total. The third-order valence-corrected chi connectivity index (χ3v) is 5.10. The maximum atomic E-state index is 12.9. The third-order valence-electron chi connectivity index (χ3n) is 5.10. The Bertz CT molecular complexity index is 733. The van der Waals surface area contributed by atoms with E-state index >= 15 is 0 Å². The number of amides is 1. The van der Waals surface area contributed by atoms with E-state index in [0.717, 1.165) is 19.3 Å². The van der Waals surface area contributed by atoms with Gasteiger partial charge in [-0.25, -0.2) is 4.79 Å². The van der Waals surface area contributed by atoms with Crippen molar-refractivity contribution >= 4 is 11.9 Å². The molecule has 0 spiro atoms. The molecule has 6 heteroatoms. The number of Topliss-reactive ketones (excluding diaryl/α,β-unsaturated/α-hetero) is 1. The lowest BCUT2D eigenvalue weighted by Crippen LogP contribution is -2.56. The van der Waals surface area contributed by atoms with Crippen molar-refractivity contribution in [3.8, 4) is 6.07 Å². The average Bonchev–Trinajstić information content (AvgIpc) is 2.58. The molecular formula is C20H25N3O3. The van der Waals surface area contributed by atoms with E-state index in [1.807, 2.05) is 31.7 Å². The summed E-state index contributed by atoms with van der Waals surface area (Å²) in [5.74, 6) is -0.116. The summed E-state index contributed by atoms with van der Waals surface area (Å²) < 4.78 is 5.58. The molecule has 3 heterocycles. The molecule has 2 bridgehead atoms. The van der Waals surface area contributed by atoms with Gasteiger partial charge in [0.05, 0.1) is 5.56 Å². The first kappa shape index (κ1) is 18.4. The minimum Gasteiger partial charge on any atom is -0.444 e. The van der Waals surface area contributed by atoms with Crippen molar-refractivity contribution < 1.29 is 14.3 Å². The summed E-state index contributed by atoms with van der Waals surface area (Å²) in [7, 11) is 0. The zero-order valence-electron chi connectivity index (χ0n) is 15.6. The number of piperidine rings is 2. The number of nitrogens with zero attached hydrogens (tertiary/aromatic N) is 3. The molecule has 1 amide bonds. The van der Waals surface area contributed by atoms with Crippen molar-refractivity contribution in [2.75, 3.05) is 0 Å². The predicted molar refractivity (Wildman–Crippen MR) is 95.5 cm³/mol.